The molecule has 4 aromatic rings. The number of nitrogens with one attached hydrogen (secondary N) is 2. The molecule has 1 aliphatic heterocycles. The van der Waals surface area contributed by atoms with Crippen LogP contribution in [0.4, 0.5) is 11.4 Å². The number of hydrogen-bond acceptors (Lipinski definition) is 5. The number of carbonyl (C=O) groups excluding carboxylic acids is 1. The van der Waals surface area contributed by atoms with Crippen molar-refractivity contribution >= 4 is 28.1 Å². The van der Waals surface area contributed by atoms with Gasteiger partial charge < -0.3 is 15.1 Å². The van der Waals surface area contributed by atoms with Crippen LogP contribution in [-0.2, 0) is 4.79 Å². The number of benzene rings is 3. The highest BCUT2D eigenvalue weighted by atomic mass is 16.3. The Hall–Kier alpha value is -4.12. The highest BCUT2D eigenvalue weighted by molar-refractivity contribution is 6.01. The van der Waals surface area contributed by atoms with Crippen LogP contribution in [0.5, 0.6) is 0 Å². The Morgan fingerprint density at radius 1 is 0.857 bits per heavy atom. The molecule has 2 aliphatic rings. The molecule has 0 amide bonds. The predicted molar refractivity (Wildman–Crippen MR) is 139 cm³/mol. The lowest BCUT2D eigenvalue weighted by Crippen LogP contribution is -2.29. The van der Waals surface area contributed by atoms with Gasteiger partial charge >= 0.3 is 0 Å². The number of para-hydroxylation sites is 2. The van der Waals surface area contributed by atoms with E-state index in [4.69, 9.17) is 4.42 Å². The Morgan fingerprint density at radius 2 is 1.60 bits per heavy atom. The second-order valence-electron chi connectivity index (χ2n) is 9.60. The number of hydrogen-bond donors (Lipinski definition) is 2. The van der Waals surface area contributed by atoms with E-state index in [1.165, 1.54) is 11.8 Å². The van der Waals surface area contributed by atoms with Crippen molar-refractivity contribution in [3.05, 3.63) is 117 Å². The summed E-state index contributed by atoms with van der Waals surface area (Å²) in [6.45, 7) is 4.01. The zero-order chi connectivity index (χ0) is 24.1. The van der Waals surface area contributed by atoms with Crippen molar-refractivity contribution in [3.63, 3.8) is 0 Å². The van der Waals surface area contributed by atoms with Crippen LogP contribution >= 0.6 is 0 Å². The summed E-state index contributed by atoms with van der Waals surface area (Å²) in [5.41, 5.74) is 7.40. The third-order valence-corrected chi connectivity index (χ3v) is 7.12. The predicted octanol–water partition coefficient (Wildman–Crippen LogP) is 6.39. The molecule has 0 spiro atoms. The van der Waals surface area contributed by atoms with Crippen LogP contribution < -0.4 is 16.1 Å². The van der Waals surface area contributed by atoms with Crippen molar-refractivity contribution in [3.8, 4) is 0 Å². The van der Waals surface area contributed by atoms with Gasteiger partial charge in [0.25, 0.3) is 0 Å². The lowest BCUT2D eigenvalue weighted by Gasteiger charge is -2.29. The summed E-state index contributed by atoms with van der Waals surface area (Å²) in [6.07, 6.45) is 2.60. The molecular formula is C30H26N2O3. The molecule has 3 aromatic carbocycles. The summed E-state index contributed by atoms with van der Waals surface area (Å²) >= 11 is 0. The minimum Gasteiger partial charge on any atom is -0.464 e. The molecule has 0 saturated carbocycles. The summed E-state index contributed by atoms with van der Waals surface area (Å²) in [5, 5.41) is 7.54. The van der Waals surface area contributed by atoms with Crippen molar-refractivity contribution in [2.45, 2.75) is 38.6 Å². The number of Topliss-reactive ketones (excluding diaryl/α,β-unsaturated/α-hetero) is 1. The number of fused-ring (bicyclic) bond motifs is 2. The van der Waals surface area contributed by atoms with Crippen molar-refractivity contribution in [1.82, 2.24) is 0 Å². The molecule has 0 fully saturated rings. The van der Waals surface area contributed by atoms with E-state index in [-0.39, 0.29) is 17.1 Å². The normalized spacial score (nSPS) is 19.4. The fourth-order valence-electron chi connectivity index (χ4n) is 5.26. The summed E-state index contributed by atoms with van der Waals surface area (Å²) in [6, 6.07) is 21.2. The Morgan fingerprint density at radius 3 is 2.40 bits per heavy atom. The first-order valence-corrected chi connectivity index (χ1v) is 12.0. The third-order valence-electron chi connectivity index (χ3n) is 7.12. The van der Waals surface area contributed by atoms with Crippen molar-refractivity contribution < 1.29 is 9.21 Å². The van der Waals surface area contributed by atoms with E-state index < -0.39 is 6.04 Å². The largest absolute Gasteiger partial charge is 0.464 e. The van der Waals surface area contributed by atoms with E-state index >= 15 is 0 Å². The Kier molecular flexibility index (Phi) is 5.06. The third kappa shape index (κ3) is 3.73. The maximum Gasteiger partial charge on any atom is 0.198 e. The highest BCUT2D eigenvalue weighted by Gasteiger charge is 2.37. The number of rotatable bonds is 2. The molecule has 1 aromatic heterocycles. The second kappa shape index (κ2) is 8.27. The lowest BCUT2D eigenvalue weighted by atomic mass is 9.78. The van der Waals surface area contributed by atoms with Crippen molar-refractivity contribution in [2.75, 3.05) is 10.6 Å². The van der Waals surface area contributed by atoms with Crippen LogP contribution in [0, 0.1) is 13.8 Å². The molecule has 2 N–H and O–H groups in total. The summed E-state index contributed by atoms with van der Waals surface area (Å²) in [5.74, 6) is 0.120. The van der Waals surface area contributed by atoms with Gasteiger partial charge in [-0.1, -0.05) is 53.6 Å². The standard InChI is InChI=1S/C30H26N2O3/c1-17-7-10-19(11-8-17)20-14-25-28(26(33)15-20)29(32-24-6-4-3-5-23(24)31-25)22-16-35-27-12-9-18(2)13-21(27)30(22)34/h3-13,16,20,29,31-32H,14-15H2,1-2H3/t20-,29+/m1/s1. The zero-order valence-corrected chi connectivity index (χ0v) is 19.7. The van der Waals surface area contributed by atoms with E-state index in [1.807, 2.05) is 49.4 Å². The fraction of sp³-hybridized carbons (Fsp3) is 0.200. The van der Waals surface area contributed by atoms with Crippen LogP contribution in [0.1, 0.15) is 47.1 Å². The molecular weight excluding hydrogens is 436 g/mol. The smallest absolute Gasteiger partial charge is 0.198 e. The molecule has 2 atom stereocenters. The summed E-state index contributed by atoms with van der Waals surface area (Å²) in [7, 11) is 0. The van der Waals surface area contributed by atoms with E-state index in [1.54, 1.807) is 0 Å². The number of allylic oxidation sites excluding steroid dienone is 1. The Labute approximate surface area is 203 Å². The van der Waals surface area contributed by atoms with Gasteiger partial charge in [0.15, 0.2) is 11.2 Å². The van der Waals surface area contributed by atoms with Crippen LogP contribution in [0.25, 0.3) is 11.0 Å². The maximum atomic E-state index is 13.7. The number of carbonyl (C=O) groups is 1. The van der Waals surface area contributed by atoms with Gasteiger partial charge in [-0.05, 0) is 56.0 Å². The second-order valence-corrected chi connectivity index (χ2v) is 9.60. The van der Waals surface area contributed by atoms with E-state index in [2.05, 4.69) is 41.8 Å². The average molecular weight is 463 g/mol. The SMILES string of the molecule is Cc1ccc([C@H]2CC(=O)C3=C(C2)Nc2ccccc2N[C@H]3c2coc3ccc(C)cc3c2=O)cc1. The van der Waals surface area contributed by atoms with Gasteiger partial charge in [0.05, 0.1) is 28.4 Å². The van der Waals surface area contributed by atoms with Gasteiger partial charge in [-0.2, -0.15) is 0 Å². The molecule has 0 unspecified atom stereocenters. The van der Waals surface area contributed by atoms with Crippen LogP contribution in [0.2, 0.25) is 0 Å². The first-order chi connectivity index (χ1) is 17.0. The number of ketones is 1. The van der Waals surface area contributed by atoms with E-state index in [9.17, 15) is 9.59 Å². The average Bonchev–Trinajstić information content (AvgIpc) is 3.02. The fourth-order valence-corrected chi connectivity index (χ4v) is 5.26. The van der Waals surface area contributed by atoms with E-state index in [0.717, 1.165) is 28.2 Å². The monoisotopic (exact) mass is 462 g/mol. The van der Waals surface area contributed by atoms with Gasteiger partial charge in [-0.3, -0.25) is 9.59 Å². The molecule has 35 heavy (non-hydrogen) atoms. The van der Waals surface area contributed by atoms with Gasteiger partial charge in [0.1, 0.15) is 11.8 Å². The minimum absolute atomic E-state index is 0.0402. The van der Waals surface area contributed by atoms with Gasteiger partial charge in [-0.15, -0.1) is 0 Å². The molecule has 0 radical (unpaired) electrons. The summed E-state index contributed by atoms with van der Waals surface area (Å²) in [4.78, 5) is 27.4. The topological polar surface area (TPSA) is 71.3 Å². The maximum absolute atomic E-state index is 13.7. The molecule has 0 bridgehead atoms. The van der Waals surface area contributed by atoms with Crippen LogP contribution in [-0.4, -0.2) is 5.78 Å². The molecule has 5 nitrogen and oxygen atoms in total. The minimum atomic E-state index is -0.603. The summed E-state index contributed by atoms with van der Waals surface area (Å²) < 4.78 is 5.88. The van der Waals surface area contributed by atoms with Gasteiger partial charge in [0, 0.05) is 17.7 Å². The van der Waals surface area contributed by atoms with Crippen LogP contribution in [0.3, 0.4) is 0 Å². The van der Waals surface area contributed by atoms with E-state index in [0.29, 0.717) is 34.9 Å². The molecule has 0 saturated heterocycles. The van der Waals surface area contributed by atoms with Crippen molar-refractivity contribution in [2.24, 2.45) is 0 Å². The Balaban J connectivity index is 1.51. The number of anilines is 2. The van der Waals surface area contributed by atoms with Crippen molar-refractivity contribution in [1.29, 1.82) is 0 Å². The first kappa shape index (κ1) is 21.4. The van der Waals surface area contributed by atoms with Crippen LogP contribution in [0.15, 0.2) is 93.5 Å². The van der Waals surface area contributed by atoms with Gasteiger partial charge in [-0.25, -0.2) is 0 Å². The molecule has 2 heterocycles. The Bertz CT molecular complexity index is 1560. The molecule has 5 heteroatoms. The molecule has 1 aliphatic carbocycles. The van der Waals surface area contributed by atoms with Gasteiger partial charge in [0.2, 0.25) is 0 Å². The zero-order valence-electron chi connectivity index (χ0n) is 19.7. The number of aryl methyl sites for hydroxylation is 2. The molecule has 6 rings (SSSR count). The quantitative estimate of drug-likeness (QED) is 0.361. The molecule has 174 valence electrons. The lowest BCUT2D eigenvalue weighted by molar-refractivity contribution is -0.116. The first-order valence-electron chi connectivity index (χ1n) is 12.0. The highest BCUT2D eigenvalue weighted by Crippen LogP contribution is 2.43.